The molecule has 0 aliphatic heterocycles. The van der Waals surface area contributed by atoms with Gasteiger partial charge in [-0.25, -0.2) is 4.98 Å². The number of benzene rings is 3. The SMILES string of the molecule is Brc1ccccc1-c1nc2cccc(Cc3ccccc3)c2o1. The molecule has 1 heterocycles. The van der Waals surface area contributed by atoms with Crippen LogP contribution >= 0.6 is 15.9 Å². The lowest BCUT2D eigenvalue weighted by molar-refractivity contribution is 0.616. The van der Waals surface area contributed by atoms with E-state index < -0.39 is 0 Å². The highest BCUT2D eigenvalue weighted by Gasteiger charge is 2.13. The van der Waals surface area contributed by atoms with Gasteiger partial charge in [-0.3, -0.25) is 0 Å². The van der Waals surface area contributed by atoms with Crippen molar-refractivity contribution < 1.29 is 4.42 Å². The summed E-state index contributed by atoms with van der Waals surface area (Å²) in [6, 6.07) is 24.5. The lowest BCUT2D eigenvalue weighted by atomic mass is 10.0. The lowest BCUT2D eigenvalue weighted by Crippen LogP contribution is -1.87. The monoisotopic (exact) mass is 363 g/mol. The van der Waals surface area contributed by atoms with Gasteiger partial charge in [0.25, 0.3) is 0 Å². The normalized spacial score (nSPS) is 11.0. The van der Waals surface area contributed by atoms with Gasteiger partial charge in [0.2, 0.25) is 5.89 Å². The minimum absolute atomic E-state index is 0.646. The largest absolute Gasteiger partial charge is 0.436 e. The number of hydrogen-bond acceptors (Lipinski definition) is 2. The van der Waals surface area contributed by atoms with E-state index in [1.54, 1.807) is 0 Å². The highest BCUT2D eigenvalue weighted by Crippen LogP contribution is 2.31. The summed E-state index contributed by atoms with van der Waals surface area (Å²) < 4.78 is 7.08. The van der Waals surface area contributed by atoms with Crippen LogP contribution in [0.1, 0.15) is 11.1 Å². The van der Waals surface area contributed by atoms with Crippen molar-refractivity contribution >= 4 is 27.0 Å². The third-order valence-electron chi connectivity index (χ3n) is 3.84. The highest BCUT2D eigenvalue weighted by atomic mass is 79.9. The first-order valence-electron chi connectivity index (χ1n) is 7.48. The number of aromatic nitrogens is 1. The van der Waals surface area contributed by atoms with Crippen LogP contribution < -0.4 is 0 Å². The van der Waals surface area contributed by atoms with Gasteiger partial charge < -0.3 is 4.42 Å². The summed E-state index contributed by atoms with van der Waals surface area (Å²) in [5, 5.41) is 0. The summed E-state index contributed by atoms with van der Waals surface area (Å²) in [5.41, 5.74) is 5.14. The molecule has 0 aliphatic rings. The van der Waals surface area contributed by atoms with E-state index in [9.17, 15) is 0 Å². The number of rotatable bonds is 3. The third kappa shape index (κ3) is 2.80. The molecule has 0 unspecified atom stereocenters. The standard InChI is InChI=1S/C20H14BrNO/c21-17-11-5-4-10-16(17)20-22-18-12-6-9-15(19(18)23-20)13-14-7-2-1-3-8-14/h1-12H,13H2. The molecule has 112 valence electrons. The Morgan fingerprint density at radius 2 is 1.61 bits per heavy atom. The smallest absolute Gasteiger partial charge is 0.228 e. The molecule has 23 heavy (non-hydrogen) atoms. The van der Waals surface area contributed by atoms with Crippen molar-refractivity contribution in [2.45, 2.75) is 6.42 Å². The van der Waals surface area contributed by atoms with Gasteiger partial charge in [0, 0.05) is 16.5 Å². The zero-order valence-electron chi connectivity index (χ0n) is 12.4. The fourth-order valence-electron chi connectivity index (χ4n) is 2.71. The van der Waals surface area contributed by atoms with Crippen LogP contribution in [-0.2, 0) is 6.42 Å². The summed E-state index contributed by atoms with van der Waals surface area (Å²) in [7, 11) is 0. The van der Waals surface area contributed by atoms with Crippen LogP contribution in [0.15, 0.2) is 81.7 Å². The molecule has 4 aromatic rings. The number of oxazole rings is 1. The van der Waals surface area contributed by atoms with Crippen molar-refractivity contribution in [2.75, 3.05) is 0 Å². The van der Waals surface area contributed by atoms with E-state index in [4.69, 9.17) is 4.42 Å². The van der Waals surface area contributed by atoms with E-state index in [2.05, 4.69) is 51.2 Å². The summed E-state index contributed by atoms with van der Waals surface area (Å²) in [6.07, 6.45) is 0.836. The zero-order valence-corrected chi connectivity index (χ0v) is 14.0. The quantitative estimate of drug-likeness (QED) is 0.456. The van der Waals surface area contributed by atoms with Crippen molar-refractivity contribution in [3.63, 3.8) is 0 Å². The van der Waals surface area contributed by atoms with Crippen LogP contribution in [0.2, 0.25) is 0 Å². The first kappa shape index (κ1) is 14.2. The molecule has 0 aliphatic carbocycles. The number of nitrogens with zero attached hydrogens (tertiary/aromatic N) is 1. The van der Waals surface area contributed by atoms with Crippen LogP contribution in [0.3, 0.4) is 0 Å². The molecule has 3 aromatic carbocycles. The van der Waals surface area contributed by atoms with Gasteiger partial charge in [-0.15, -0.1) is 0 Å². The Morgan fingerprint density at radius 3 is 2.43 bits per heavy atom. The molecule has 0 atom stereocenters. The van der Waals surface area contributed by atoms with E-state index in [1.807, 2.05) is 42.5 Å². The maximum atomic E-state index is 6.10. The topological polar surface area (TPSA) is 26.0 Å². The Labute approximate surface area is 142 Å². The molecule has 2 nitrogen and oxygen atoms in total. The first-order chi connectivity index (χ1) is 11.3. The summed E-state index contributed by atoms with van der Waals surface area (Å²) in [4.78, 5) is 4.65. The van der Waals surface area contributed by atoms with Crippen LogP contribution in [0.5, 0.6) is 0 Å². The van der Waals surface area contributed by atoms with Crippen LogP contribution in [0, 0.1) is 0 Å². The van der Waals surface area contributed by atoms with Gasteiger partial charge in [0.15, 0.2) is 5.58 Å². The molecular formula is C20H14BrNO. The predicted octanol–water partition coefficient (Wildman–Crippen LogP) is 5.85. The van der Waals surface area contributed by atoms with E-state index in [1.165, 1.54) is 5.56 Å². The number of halogens is 1. The molecule has 0 N–H and O–H groups in total. The Balaban J connectivity index is 1.80. The fraction of sp³-hybridized carbons (Fsp3) is 0.0500. The van der Waals surface area contributed by atoms with Crippen molar-refractivity contribution in [2.24, 2.45) is 0 Å². The molecule has 0 bridgehead atoms. The number of fused-ring (bicyclic) bond motifs is 1. The van der Waals surface area contributed by atoms with Crippen molar-refractivity contribution in [1.29, 1.82) is 0 Å². The maximum Gasteiger partial charge on any atom is 0.228 e. The molecule has 0 saturated carbocycles. The number of hydrogen-bond donors (Lipinski definition) is 0. The van der Waals surface area contributed by atoms with E-state index in [-0.39, 0.29) is 0 Å². The Hall–Kier alpha value is -2.39. The van der Waals surface area contributed by atoms with Gasteiger partial charge in [0.1, 0.15) is 5.52 Å². The average molecular weight is 364 g/mol. The van der Waals surface area contributed by atoms with E-state index in [0.717, 1.165) is 33.1 Å². The van der Waals surface area contributed by atoms with Gasteiger partial charge in [0.05, 0.1) is 5.56 Å². The second kappa shape index (κ2) is 6.01. The molecule has 0 spiro atoms. The molecule has 1 aromatic heterocycles. The molecule has 0 fully saturated rings. The maximum absolute atomic E-state index is 6.10. The average Bonchev–Trinajstić information content (AvgIpc) is 3.01. The second-order valence-electron chi connectivity index (χ2n) is 5.43. The van der Waals surface area contributed by atoms with Crippen molar-refractivity contribution in [1.82, 2.24) is 4.98 Å². The molecule has 0 amide bonds. The number of para-hydroxylation sites is 1. The molecule has 4 rings (SSSR count). The van der Waals surface area contributed by atoms with Gasteiger partial charge in [-0.2, -0.15) is 0 Å². The van der Waals surface area contributed by atoms with Gasteiger partial charge in [-0.05, 0) is 39.7 Å². The van der Waals surface area contributed by atoms with Gasteiger partial charge >= 0.3 is 0 Å². The zero-order chi connectivity index (χ0) is 15.6. The summed E-state index contributed by atoms with van der Waals surface area (Å²) in [6.45, 7) is 0. The fourth-order valence-corrected chi connectivity index (χ4v) is 3.17. The van der Waals surface area contributed by atoms with Crippen LogP contribution in [-0.4, -0.2) is 4.98 Å². The Kier molecular flexibility index (Phi) is 3.72. The summed E-state index contributed by atoms with van der Waals surface area (Å²) >= 11 is 3.56. The Morgan fingerprint density at radius 1 is 0.826 bits per heavy atom. The predicted molar refractivity (Wildman–Crippen MR) is 96.4 cm³/mol. The highest BCUT2D eigenvalue weighted by molar-refractivity contribution is 9.10. The van der Waals surface area contributed by atoms with E-state index >= 15 is 0 Å². The minimum Gasteiger partial charge on any atom is -0.436 e. The summed E-state index contributed by atoms with van der Waals surface area (Å²) in [5.74, 6) is 0.646. The van der Waals surface area contributed by atoms with Gasteiger partial charge in [-0.1, -0.05) is 54.6 Å². The van der Waals surface area contributed by atoms with E-state index in [0.29, 0.717) is 5.89 Å². The lowest BCUT2D eigenvalue weighted by Gasteiger charge is -2.02. The Bertz CT molecular complexity index is 960. The second-order valence-corrected chi connectivity index (χ2v) is 6.28. The molecular weight excluding hydrogens is 350 g/mol. The molecule has 0 saturated heterocycles. The van der Waals surface area contributed by atoms with Crippen LogP contribution in [0.25, 0.3) is 22.6 Å². The van der Waals surface area contributed by atoms with Crippen molar-refractivity contribution in [3.05, 3.63) is 88.4 Å². The minimum atomic E-state index is 0.646. The van der Waals surface area contributed by atoms with Crippen molar-refractivity contribution in [3.8, 4) is 11.5 Å². The third-order valence-corrected chi connectivity index (χ3v) is 4.53. The van der Waals surface area contributed by atoms with Crippen LogP contribution in [0.4, 0.5) is 0 Å². The first-order valence-corrected chi connectivity index (χ1v) is 8.28. The molecule has 0 radical (unpaired) electrons. The molecule has 3 heteroatoms.